The number of sulfonamides is 1. The first kappa shape index (κ1) is 24.7. The Morgan fingerprint density at radius 1 is 1.05 bits per heavy atom. The van der Waals surface area contributed by atoms with Gasteiger partial charge in [-0.15, -0.1) is 0 Å². The third-order valence-corrected chi connectivity index (χ3v) is 7.42. The Bertz CT molecular complexity index is 1580. The monoisotopic (exact) mass is 535 g/mol. The molecule has 11 heteroatoms. The number of benzene rings is 3. The van der Waals surface area contributed by atoms with Crippen molar-refractivity contribution in [2.45, 2.75) is 17.9 Å². The zero-order valence-electron chi connectivity index (χ0n) is 19.7. The molecule has 4 aromatic rings. The van der Waals surface area contributed by atoms with E-state index in [2.05, 4.69) is 25.3 Å². The first-order valence-electron chi connectivity index (χ1n) is 11.3. The van der Waals surface area contributed by atoms with Gasteiger partial charge < -0.3 is 15.4 Å². The van der Waals surface area contributed by atoms with Gasteiger partial charge in [-0.2, -0.15) is 0 Å². The van der Waals surface area contributed by atoms with Crippen LogP contribution in [0.2, 0.25) is 5.02 Å². The Morgan fingerprint density at radius 3 is 2.54 bits per heavy atom. The molecular formula is C26H22ClN5O4S. The molecule has 1 aromatic heterocycles. The van der Waals surface area contributed by atoms with E-state index in [-0.39, 0.29) is 23.8 Å². The molecule has 0 aliphatic carbocycles. The van der Waals surface area contributed by atoms with Crippen molar-refractivity contribution in [1.29, 1.82) is 0 Å². The molecule has 0 fully saturated rings. The van der Waals surface area contributed by atoms with Gasteiger partial charge in [0.15, 0.2) is 0 Å². The van der Waals surface area contributed by atoms with Gasteiger partial charge in [-0.25, -0.2) is 23.1 Å². The third kappa shape index (κ3) is 5.56. The summed E-state index contributed by atoms with van der Waals surface area (Å²) in [5.41, 5.74) is 4.03. The maximum Gasteiger partial charge on any atom is 0.240 e. The van der Waals surface area contributed by atoms with Crippen LogP contribution in [0.3, 0.4) is 0 Å². The van der Waals surface area contributed by atoms with Crippen molar-refractivity contribution in [2.75, 3.05) is 17.7 Å². The molecule has 9 nitrogen and oxygen atoms in total. The Morgan fingerprint density at radius 2 is 1.81 bits per heavy atom. The summed E-state index contributed by atoms with van der Waals surface area (Å²) in [6, 6.07) is 18.6. The quantitative estimate of drug-likeness (QED) is 0.318. The molecule has 0 bridgehead atoms. The molecule has 0 saturated carbocycles. The number of methoxy groups -OCH3 is 1. The number of amides is 1. The predicted octanol–water partition coefficient (Wildman–Crippen LogP) is 4.52. The maximum atomic E-state index is 12.7. The fraction of sp³-hybridized carbons (Fsp3) is 0.115. The van der Waals surface area contributed by atoms with Crippen LogP contribution in [0.15, 0.2) is 77.8 Å². The van der Waals surface area contributed by atoms with Gasteiger partial charge in [-0.1, -0.05) is 23.7 Å². The van der Waals surface area contributed by atoms with Crippen molar-refractivity contribution in [1.82, 2.24) is 14.7 Å². The number of hydrogen-bond acceptors (Lipinski definition) is 7. The van der Waals surface area contributed by atoms with Crippen LogP contribution in [-0.4, -0.2) is 31.4 Å². The average Bonchev–Trinajstić information content (AvgIpc) is 3.02. The van der Waals surface area contributed by atoms with E-state index in [1.165, 1.54) is 12.1 Å². The van der Waals surface area contributed by atoms with Crippen molar-refractivity contribution in [3.05, 3.63) is 89.1 Å². The summed E-state index contributed by atoms with van der Waals surface area (Å²) in [7, 11) is -2.14. The van der Waals surface area contributed by atoms with Crippen LogP contribution in [-0.2, 0) is 27.8 Å². The lowest BCUT2D eigenvalue weighted by Crippen LogP contribution is -2.23. The molecule has 1 aliphatic heterocycles. The second-order valence-corrected chi connectivity index (χ2v) is 10.5. The highest BCUT2D eigenvalue weighted by Gasteiger charge is 2.21. The SMILES string of the molecule is COc1ccc(CNS(=O)(=O)c2ccc(Nc3ncc4c(n3)-c3ccc(Cl)cc3NC(=O)C4)cc2)cc1. The van der Waals surface area contributed by atoms with Crippen molar-refractivity contribution in [2.24, 2.45) is 0 Å². The van der Waals surface area contributed by atoms with Crippen molar-refractivity contribution in [3.8, 4) is 17.0 Å². The molecule has 37 heavy (non-hydrogen) atoms. The van der Waals surface area contributed by atoms with Crippen LogP contribution < -0.4 is 20.1 Å². The van der Waals surface area contributed by atoms with Crippen molar-refractivity contribution in [3.63, 3.8) is 0 Å². The maximum absolute atomic E-state index is 12.7. The molecule has 3 N–H and O–H groups in total. The van der Waals surface area contributed by atoms with Crippen molar-refractivity contribution >= 4 is 44.9 Å². The summed E-state index contributed by atoms with van der Waals surface area (Å²) in [6.45, 7) is 0.152. The molecule has 1 amide bonds. The van der Waals surface area contributed by atoms with Crippen LogP contribution >= 0.6 is 11.6 Å². The number of rotatable bonds is 7. The minimum atomic E-state index is -3.71. The van der Waals surface area contributed by atoms with E-state index in [9.17, 15) is 13.2 Å². The summed E-state index contributed by atoms with van der Waals surface area (Å²) in [4.78, 5) is 21.4. The molecule has 0 saturated heterocycles. The summed E-state index contributed by atoms with van der Waals surface area (Å²) < 4.78 is 33.2. The summed E-state index contributed by atoms with van der Waals surface area (Å²) in [6.07, 6.45) is 1.74. The highest BCUT2D eigenvalue weighted by atomic mass is 35.5. The number of carbonyl (C=O) groups is 1. The van der Waals surface area contributed by atoms with Gasteiger partial charge in [0.25, 0.3) is 0 Å². The second-order valence-electron chi connectivity index (χ2n) is 8.30. The van der Waals surface area contributed by atoms with E-state index >= 15 is 0 Å². The molecule has 5 rings (SSSR count). The van der Waals surface area contributed by atoms with Gasteiger partial charge in [0.1, 0.15) is 5.75 Å². The van der Waals surface area contributed by atoms with E-state index in [4.69, 9.17) is 16.3 Å². The van der Waals surface area contributed by atoms with E-state index in [0.717, 1.165) is 11.1 Å². The largest absolute Gasteiger partial charge is 0.497 e. The molecule has 0 radical (unpaired) electrons. The number of carbonyl (C=O) groups excluding carboxylic acids is 1. The Kier molecular flexibility index (Phi) is 6.79. The molecule has 0 spiro atoms. The van der Waals surface area contributed by atoms with Gasteiger partial charge in [0.2, 0.25) is 21.9 Å². The number of ether oxygens (including phenoxy) is 1. The number of nitrogens with zero attached hydrogens (tertiary/aromatic N) is 2. The number of nitrogens with one attached hydrogen (secondary N) is 3. The number of aromatic nitrogens is 2. The highest BCUT2D eigenvalue weighted by molar-refractivity contribution is 7.89. The fourth-order valence-electron chi connectivity index (χ4n) is 3.87. The Hall–Kier alpha value is -3.99. The highest BCUT2D eigenvalue weighted by Crippen LogP contribution is 2.35. The normalized spacial score (nSPS) is 12.6. The number of fused-ring (bicyclic) bond motifs is 3. The molecule has 1 aliphatic rings. The van der Waals surface area contributed by atoms with E-state index in [0.29, 0.717) is 39.4 Å². The van der Waals surface area contributed by atoms with Crippen LogP contribution in [0, 0.1) is 0 Å². The smallest absolute Gasteiger partial charge is 0.240 e. The van der Waals surface area contributed by atoms with Crippen LogP contribution in [0.5, 0.6) is 5.75 Å². The molecule has 0 unspecified atom stereocenters. The second kappa shape index (κ2) is 10.2. The minimum absolute atomic E-state index is 0.129. The predicted molar refractivity (Wildman–Crippen MR) is 142 cm³/mol. The van der Waals surface area contributed by atoms with Gasteiger partial charge in [0.05, 0.1) is 29.8 Å². The molecule has 0 atom stereocenters. The first-order chi connectivity index (χ1) is 17.8. The van der Waals surface area contributed by atoms with E-state index < -0.39 is 10.0 Å². The zero-order chi connectivity index (χ0) is 26.0. The Labute approximate surface area is 218 Å². The molecular weight excluding hydrogens is 514 g/mol. The van der Waals surface area contributed by atoms with Gasteiger partial charge in [0, 0.05) is 34.6 Å². The number of halogens is 1. The Balaban J connectivity index is 1.32. The van der Waals surface area contributed by atoms with Crippen LogP contribution in [0.4, 0.5) is 17.3 Å². The minimum Gasteiger partial charge on any atom is -0.497 e. The molecule has 2 heterocycles. The molecule has 3 aromatic carbocycles. The molecule has 188 valence electrons. The average molecular weight is 536 g/mol. The van der Waals surface area contributed by atoms with E-state index in [1.54, 1.807) is 67.9 Å². The lowest BCUT2D eigenvalue weighted by Gasteiger charge is -2.11. The lowest BCUT2D eigenvalue weighted by molar-refractivity contribution is -0.115. The van der Waals surface area contributed by atoms with Crippen LogP contribution in [0.25, 0.3) is 11.3 Å². The number of hydrogen-bond donors (Lipinski definition) is 3. The number of anilines is 3. The summed E-state index contributed by atoms with van der Waals surface area (Å²) in [5, 5.41) is 6.44. The van der Waals surface area contributed by atoms with E-state index in [1.807, 2.05) is 0 Å². The first-order valence-corrected chi connectivity index (χ1v) is 13.1. The summed E-state index contributed by atoms with van der Waals surface area (Å²) in [5.74, 6) is 0.832. The third-order valence-electron chi connectivity index (χ3n) is 5.77. The standard InChI is InChI=1S/C26H22ClN5O4S/c1-36-20-7-2-16(3-8-20)14-29-37(34,35)21-9-5-19(6-10-21)30-26-28-15-17-12-24(33)31-23-13-18(27)4-11-22(23)25(17)32-26/h2-11,13,15,29H,12,14H2,1H3,(H,31,33)(H,28,30,32). The fourth-order valence-corrected chi connectivity index (χ4v) is 5.06. The zero-order valence-corrected chi connectivity index (χ0v) is 21.2. The van der Waals surface area contributed by atoms with Gasteiger partial charge in [-0.05, 0) is 60.2 Å². The lowest BCUT2D eigenvalue weighted by atomic mass is 10.1. The summed E-state index contributed by atoms with van der Waals surface area (Å²) >= 11 is 6.10. The van der Waals surface area contributed by atoms with Crippen molar-refractivity contribution < 1.29 is 17.9 Å². The topological polar surface area (TPSA) is 122 Å². The van der Waals surface area contributed by atoms with Gasteiger partial charge >= 0.3 is 0 Å². The van der Waals surface area contributed by atoms with Gasteiger partial charge in [-0.3, -0.25) is 4.79 Å². The van der Waals surface area contributed by atoms with Crippen LogP contribution in [0.1, 0.15) is 11.1 Å².